The van der Waals surface area contributed by atoms with Crippen molar-refractivity contribution in [1.29, 1.82) is 0 Å². The van der Waals surface area contributed by atoms with Crippen LogP contribution in [0.15, 0.2) is 60.3 Å². The van der Waals surface area contributed by atoms with Crippen LogP contribution >= 0.6 is 11.8 Å². The molecule has 2 aromatic carbocycles. The SMILES string of the molecule is C=CCn1c(SCc2cc(OC)ccc2OC)nnc1-c1ccccc1OC. The first-order valence-corrected chi connectivity index (χ1v) is 9.71. The summed E-state index contributed by atoms with van der Waals surface area (Å²) in [6.45, 7) is 4.46. The third-order valence-electron chi connectivity index (χ3n) is 4.22. The van der Waals surface area contributed by atoms with E-state index in [0.29, 0.717) is 12.3 Å². The Balaban J connectivity index is 1.92. The van der Waals surface area contributed by atoms with Crippen LogP contribution in [0.2, 0.25) is 0 Å². The van der Waals surface area contributed by atoms with E-state index in [0.717, 1.165) is 39.4 Å². The van der Waals surface area contributed by atoms with Gasteiger partial charge in [0.15, 0.2) is 11.0 Å². The van der Waals surface area contributed by atoms with E-state index in [1.54, 1.807) is 33.1 Å². The van der Waals surface area contributed by atoms with Crippen LogP contribution in [0.5, 0.6) is 17.2 Å². The van der Waals surface area contributed by atoms with Crippen molar-refractivity contribution in [3.8, 4) is 28.6 Å². The molecule has 3 aromatic rings. The van der Waals surface area contributed by atoms with E-state index < -0.39 is 0 Å². The second kappa shape index (κ2) is 9.32. The molecule has 7 heteroatoms. The van der Waals surface area contributed by atoms with E-state index in [9.17, 15) is 0 Å². The number of allylic oxidation sites excluding steroid dienone is 1. The number of hydrogen-bond donors (Lipinski definition) is 0. The fourth-order valence-corrected chi connectivity index (χ4v) is 3.78. The van der Waals surface area contributed by atoms with Gasteiger partial charge in [-0.1, -0.05) is 30.0 Å². The lowest BCUT2D eigenvalue weighted by Crippen LogP contribution is -2.02. The molecule has 0 fully saturated rings. The molecular weight excluding hydrogens is 374 g/mol. The van der Waals surface area contributed by atoms with Crippen molar-refractivity contribution in [3.63, 3.8) is 0 Å². The Morgan fingerprint density at radius 1 is 1.00 bits per heavy atom. The molecule has 0 bridgehead atoms. The first kappa shape index (κ1) is 19.8. The summed E-state index contributed by atoms with van der Waals surface area (Å²) < 4.78 is 18.3. The fourth-order valence-electron chi connectivity index (χ4n) is 2.85. The van der Waals surface area contributed by atoms with Crippen LogP contribution in [-0.2, 0) is 12.3 Å². The van der Waals surface area contributed by atoms with Gasteiger partial charge in [-0.05, 0) is 30.3 Å². The highest BCUT2D eigenvalue weighted by Gasteiger charge is 2.17. The van der Waals surface area contributed by atoms with Gasteiger partial charge in [-0.25, -0.2) is 0 Å². The molecule has 0 radical (unpaired) electrons. The van der Waals surface area contributed by atoms with E-state index in [-0.39, 0.29) is 0 Å². The molecule has 146 valence electrons. The number of nitrogens with zero attached hydrogens (tertiary/aromatic N) is 3. The maximum absolute atomic E-state index is 5.48. The van der Waals surface area contributed by atoms with Crippen LogP contribution in [-0.4, -0.2) is 36.1 Å². The summed E-state index contributed by atoms with van der Waals surface area (Å²) in [5.74, 6) is 3.78. The molecule has 0 saturated carbocycles. The Hall–Kier alpha value is -2.93. The van der Waals surface area contributed by atoms with Crippen molar-refractivity contribution in [1.82, 2.24) is 14.8 Å². The number of hydrogen-bond acceptors (Lipinski definition) is 6. The third kappa shape index (κ3) is 4.14. The van der Waals surface area contributed by atoms with Crippen molar-refractivity contribution in [2.24, 2.45) is 0 Å². The van der Waals surface area contributed by atoms with Crippen LogP contribution in [0.3, 0.4) is 0 Å². The van der Waals surface area contributed by atoms with E-state index in [1.807, 2.05) is 53.1 Å². The quantitative estimate of drug-likeness (QED) is 0.393. The molecule has 0 N–H and O–H groups in total. The zero-order valence-electron chi connectivity index (χ0n) is 16.2. The Kier molecular flexibility index (Phi) is 6.60. The van der Waals surface area contributed by atoms with Gasteiger partial charge in [-0.2, -0.15) is 0 Å². The second-order valence-electron chi connectivity index (χ2n) is 5.87. The van der Waals surface area contributed by atoms with Gasteiger partial charge in [0.05, 0.1) is 26.9 Å². The third-order valence-corrected chi connectivity index (χ3v) is 5.24. The second-order valence-corrected chi connectivity index (χ2v) is 6.81. The van der Waals surface area contributed by atoms with E-state index in [4.69, 9.17) is 14.2 Å². The molecule has 6 nitrogen and oxygen atoms in total. The minimum atomic E-state index is 0.595. The van der Waals surface area contributed by atoms with E-state index in [2.05, 4.69) is 16.8 Å². The van der Waals surface area contributed by atoms with Crippen molar-refractivity contribution in [3.05, 3.63) is 60.7 Å². The molecule has 0 aliphatic heterocycles. The Bertz CT molecular complexity index is 956. The average Bonchev–Trinajstić information content (AvgIpc) is 3.14. The van der Waals surface area contributed by atoms with Crippen LogP contribution in [0.4, 0.5) is 0 Å². The number of aromatic nitrogens is 3. The number of para-hydroxylation sites is 1. The van der Waals surface area contributed by atoms with Crippen molar-refractivity contribution in [2.75, 3.05) is 21.3 Å². The summed E-state index contributed by atoms with van der Waals surface area (Å²) in [5.41, 5.74) is 1.92. The lowest BCUT2D eigenvalue weighted by Gasteiger charge is -2.12. The minimum Gasteiger partial charge on any atom is -0.497 e. The Labute approximate surface area is 169 Å². The molecule has 3 rings (SSSR count). The minimum absolute atomic E-state index is 0.595. The number of ether oxygens (including phenoxy) is 3. The van der Waals surface area contributed by atoms with Gasteiger partial charge in [0.1, 0.15) is 17.2 Å². The lowest BCUT2D eigenvalue weighted by molar-refractivity contribution is 0.400. The maximum atomic E-state index is 5.48. The first-order valence-electron chi connectivity index (χ1n) is 8.73. The number of benzene rings is 2. The standard InChI is InChI=1S/C21H23N3O3S/c1-5-12-24-20(17-8-6-7-9-19(17)27-4)22-23-21(24)28-14-15-13-16(25-2)10-11-18(15)26-3/h5-11,13H,1,12,14H2,2-4H3. The van der Waals surface area contributed by atoms with Gasteiger partial charge >= 0.3 is 0 Å². The van der Waals surface area contributed by atoms with E-state index >= 15 is 0 Å². The topological polar surface area (TPSA) is 58.4 Å². The van der Waals surface area contributed by atoms with Gasteiger partial charge in [-0.3, -0.25) is 4.57 Å². The molecule has 0 unspecified atom stereocenters. The van der Waals surface area contributed by atoms with Crippen molar-refractivity contribution >= 4 is 11.8 Å². The Morgan fingerprint density at radius 3 is 2.50 bits per heavy atom. The van der Waals surface area contributed by atoms with Crippen molar-refractivity contribution < 1.29 is 14.2 Å². The molecule has 0 aliphatic carbocycles. The molecular formula is C21H23N3O3S. The average molecular weight is 398 g/mol. The molecule has 0 saturated heterocycles. The molecule has 1 aromatic heterocycles. The molecule has 0 aliphatic rings. The van der Waals surface area contributed by atoms with E-state index in [1.165, 1.54) is 0 Å². The summed E-state index contributed by atoms with van der Waals surface area (Å²) >= 11 is 1.58. The summed E-state index contributed by atoms with van der Waals surface area (Å²) in [5, 5.41) is 9.61. The molecule has 28 heavy (non-hydrogen) atoms. The van der Waals surface area contributed by atoms with Gasteiger partial charge in [0.25, 0.3) is 0 Å². The highest BCUT2D eigenvalue weighted by atomic mass is 32.2. The zero-order chi connectivity index (χ0) is 19.9. The monoisotopic (exact) mass is 397 g/mol. The Morgan fingerprint density at radius 2 is 1.79 bits per heavy atom. The zero-order valence-corrected chi connectivity index (χ0v) is 17.0. The largest absolute Gasteiger partial charge is 0.497 e. The van der Waals surface area contributed by atoms with Crippen LogP contribution in [0.25, 0.3) is 11.4 Å². The fraction of sp³-hybridized carbons (Fsp3) is 0.238. The van der Waals surface area contributed by atoms with Gasteiger partial charge in [0, 0.05) is 17.9 Å². The summed E-state index contributed by atoms with van der Waals surface area (Å²) in [6.07, 6.45) is 1.83. The highest BCUT2D eigenvalue weighted by molar-refractivity contribution is 7.98. The van der Waals surface area contributed by atoms with Crippen LogP contribution in [0.1, 0.15) is 5.56 Å². The summed E-state index contributed by atoms with van der Waals surface area (Å²) in [4.78, 5) is 0. The van der Waals surface area contributed by atoms with Crippen LogP contribution < -0.4 is 14.2 Å². The smallest absolute Gasteiger partial charge is 0.192 e. The number of rotatable bonds is 9. The van der Waals surface area contributed by atoms with Gasteiger partial charge in [-0.15, -0.1) is 16.8 Å². The highest BCUT2D eigenvalue weighted by Crippen LogP contribution is 2.34. The molecule has 1 heterocycles. The number of thioether (sulfide) groups is 1. The summed E-state index contributed by atoms with van der Waals surface area (Å²) in [7, 11) is 4.96. The normalized spacial score (nSPS) is 10.5. The lowest BCUT2D eigenvalue weighted by atomic mass is 10.2. The van der Waals surface area contributed by atoms with Gasteiger partial charge < -0.3 is 14.2 Å². The molecule has 0 spiro atoms. The molecule has 0 atom stereocenters. The summed E-state index contributed by atoms with van der Waals surface area (Å²) in [6, 6.07) is 13.5. The van der Waals surface area contributed by atoms with Crippen molar-refractivity contribution in [2.45, 2.75) is 17.5 Å². The predicted molar refractivity (Wildman–Crippen MR) is 111 cm³/mol. The molecule has 0 amide bonds. The van der Waals surface area contributed by atoms with Crippen LogP contribution in [0, 0.1) is 0 Å². The first-order chi connectivity index (χ1) is 13.7. The predicted octanol–water partition coefficient (Wildman–Crippen LogP) is 4.45. The maximum Gasteiger partial charge on any atom is 0.192 e. The number of methoxy groups -OCH3 is 3. The van der Waals surface area contributed by atoms with Gasteiger partial charge in [0.2, 0.25) is 0 Å².